The molecule has 1 aliphatic carbocycles. The fourth-order valence-electron chi connectivity index (χ4n) is 2.51. The fraction of sp³-hybridized carbons (Fsp3) is 0.381. The highest BCUT2D eigenvalue weighted by Gasteiger charge is 2.33. The molecular formula is C21H25ClN2O. The van der Waals surface area contributed by atoms with Crippen molar-refractivity contribution in [3.05, 3.63) is 64.4 Å². The van der Waals surface area contributed by atoms with Gasteiger partial charge < -0.3 is 0 Å². The van der Waals surface area contributed by atoms with E-state index in [9.17, 15) is 4.79 Å². The Morgan fingerprint density at radius 1 is 0.880 bits per heavy atom. The van der Waals surface area contributed by atoms with Crippen LogP contribution in [-0.2, 0) is 4.79 Å². The van der Waals surface area contributed by atoms with Gasteiger partial charge in [0, 0.05) is 16.2 Å². The normalized spacial score (nSPS) is 16.1. The summed E-state index contributed by atoms with van der Waals surface area (Å²) in [7, 11) is 0. The maximum absolute atomic E-state index is 12.9. The lowest BCUT2D eigenvalue weighted by molar-refractivity contribution is -0.114. The van der Waals surface area contributed by atoms with Gasteiger partial charge in [0.05, 0.1) is 11.9 Å². The van der Waals surface area contributed by atoms with Crippen molar-refractivity contribution in [1.29, 1.82) is 0 Å². The molecule has 3 nitrogen and oxygen atoms in total. The Morgan fingerprint density at radius 2 is 1.36 bits per heavy atom. The van der Waals surface area contributed by atoms with Gasteiger partial charge in [-0.1, -0.05) is 53.1 Å². The summed E-state index contributed by atoms with van der Waals surface area (Å²) in [5.41, 5.74) is 2.75. The molecule has 0 N–H and O–H groups in total. The van der Waals surface area contributed by atoms with Crippen LogP contribution in [0.1, 0.15) is 41.5 Å². The lowest BCUT2D eigenvalue weighted by Gasteiger charge is -2.31. The first kappa shape index (κ1) is 19.3. The average molecular weight is 357 g/mol. The first-order valence-corrected chi connectivity index (χ1v) is 8.72. The van der Waals surface area contributed by atoms with Crippen LogP contribution in [0.25, 0.3) is 0 Å². The molecule has 0 spiro atoms. The monoisotopic (exact) mass is 356 g/mol. The first-order chi connectivity index (χ1) is 11.5. The van der Waals surface area contributed by atoms with Gasteiger partial charge in [0.2, 0.25) is 0 Å². The molecule has 0 radical (unpaired) electrons. The Kier molecular flexibility index (Phi) is 5.48. The minimum Gasteiger partial charge on any atom is -0.289 e. The van der Waals surface area contributed by atoms with Crippen molar-refractivity contribution in [3.8, 4) is 0 Å². The van der Waals surface area contributed by atoms with Crippen molar-refractivity contribution in [1.82, 2.24) is 0 Å². The number of ketones is 1. The zero-order valence-electron chi connectivity index (χ0n) is 15.7. The Morgan fingerprint density at radius 3 is 1.80 bits per heavy atom. The minimum atomic E-state index is -0.228. The third-order valence-corrected chi connectivity index (χ3v) is 4.19. The van der Waals surface area contributed by atoms with E-state index in [0.29, 0.717) is 5.02 Å². The number of allylic oxidation sites excluding steroid dienone is 5. The van der Waals surface area contributed by atoms with E-state index in [1.54, 1.807) is 18.3 Å². The lowest BCUT2D eigenvalue weighted by Crippen LogP contribution is -2.27. The summed E-state index contributed by atoms with van der Waals surface area (Å²) in [6.07, 6.45) is 5.52. The molecule has 0 unspecified atom stereocenters. The predicted molar refractivity (Wildman–Crippen MR) is 104 cm³/mol. The lowest BCUT2D eigenvalue weighted by atomic mass is 9.72. The highest BCUT2D eigenvalue weighted by atomic mass is 35.5. The van der Waals surface area contributed by atoms with Crippen molar-refractivity contribution >= 4 is 23.1 Å². The van der Waals surface area contributed by atoms with Crippen LogP contribution in [0.2, 0.25) is 5.02 Å². The second kappa shape index (κ2) is 7.09. The zero-order chi connectivity index (χ0) is 18.8. The second-order valence-electron chi connectivity index (χ2n) is 8.27. The van der Waals surface area contributed by atoms with E-state index in [0.717, 1.165) is 22.4 Å². The third-order valence-electron chi connectivity index (χ3n) is 3.93. The Balaban J connectivity index is 2.39. The summed E-state index contributed by atoms with van der Waals surface area (Å²) in [6.45, 7) is 12.3. The highest BCUT2D eigenvalue weighted by molar-refractivity contribution is 6.30. The molecule has 1 aromatic carbocycles. The van der Waals surface area contributed by atoms with Crippen LogP contribution in [0.5, 0.6) is 0 Å². The molecule has 0 aliphatic heterocycles. The van der Waals surface area contributed by atoms with E-state index in [-0.39, 0.29) is 16.6 Å². The molecule has 0 saturated carbocycles. The van der Waals surface area contributed by atoms with Gasteiger partial charge in [-0.05, 0) is 52.8 Å². The van der Waals surface area contributed by atoms with Crippen LogP contribution in [0.3, 0.4) is 0 Å². The number of hydrogen-bond donors (Lipinski definition) is 0. The maximum Gasteiger partial charge on any atom is 0.186 e. The van der Waals surface area contributed by atoms with Crippen molar-refractivity contribution < 1.29 is 4.79 Å². The van der Waals surface area contributed by atoms with Gasteiger partial charge in [-0.2, -0.15) is 10.2 Å². The first-order valence-electron chi connectivity index (χ1n) is 8.34. The van der Waals surface area contributed by atoms with Crippen molar-refractivity contribution in [2.45, 2.75) is 41.5 Å². The van der Waals surface area contributed by atoms with Crippen LogP contribution in [0, 0.1) is 10.8 Å². The summed E-state index contributed by atoms with van der Waals surface area (Å²) in [4.78, 5) is 12.9. The zero-order valence-corrected chi connectivity index (χ0v) is 16.5. The number of rotatable bonds is 2. The third kappa shape index (κ3) is 4.99. The quantitative estimate of drug-likeness (QED) is 0.535. The van der Waals surface area contributed by atoms with Gasteiger partial charge in [-0.3, -0.25) is 4.79 Å². The smallest absolute Gasteiger partial charge is 0.186 e. The van der Waals surface area contributed by atoms with Gasteiger partial charge in [0.15, 0.2) is 5.78 Å². The van der Waals surface area contributed by atoms with E-state index in [2.05, 4.69) is 51.8 Å². The van der Waals surface area contributed by atoms with Crippen LogP contribution in [0.15, 0.2) is 69.6 Å². The topological polar surface area (TPSA) is 41.8 Å². The van der Waals surface area contributed by atoms with Gasteiger partial charge in [0.25, 0.3) is 0 Å². The summed E-state index contributed by atoms with van der Waals surface area (Å²) in [6, 6.07) is 7.16. The Bertz CT molecular complexity index is 747. The standard InChI is InChI=1S/C21H25ClN2O/c1-20(2,3)17-11-14(12-18(19(17)25)21(4,5)6)13-23-24-16-9-7-15(22)8-10-16/h7-13H,1-6H3/b24-23+. The minimum absolute atomic E-state index is 0.117. The number of benzene rings is 1. The molecule has 0 saturated heterocycles. The summed E-state index contributed by atoms with van der Waals surface area (Å²) < 4.78 is 0. The molecule has 0 aromatic heterocycles. The molecule has 1 aliphatic rings. The summed E-state index contributed by atoms with van der Waals surface area (Å²) in [5.74, 6) is 0.117. The Labute approximate surface area is 155 Å². The number of carbonyl (C=O) groups excluding carboxylic acids is 1. The molecule has 0 atom stereocenters. The summed E-state index contributed by atoms with van der Waals surface area (Å²) >= 11 is 5.87. The Hall–Kier alpha value is -2.00. The number of Topliss-reactive ketones (excluding diaryl/α,β-unsaturated/α-hetero) is 1. The molecule has 1 aromatic rings. The van der Waals surface area contributed by atoms with Crippen molar-refractivity contribution in [2.75, 3.05) is 0 Å². The molecule has 0 fully saturated rings. The number of azo groups is 1. The van der Waals surface area contributed by atoms with E-state index >= 15 is 0 Å². The molecular weight excluding hydrogens is 332 g/mol. The number of nitrogens with zero attached hydrogens (tertiary/aromatic N) is 2. The SMILES string of the molecule is CC(C)(C)C1=CC(=C/N=N/c2ccc(Cl)cc2)C=C(C(C)(C)C)C1=O. The van der Waals surface area contributed by atoms with E-state index in [4.69, 9.17) is 11.6 Å². The largest absolute Gasteiger partial charge is 0.289 e. The molecule has 25 heavy (non-hydrogen) atoms. The highest BCUT2D eigenvalue weighted by Crippen LogP contribution is 2.38. The molecule has 0 amide bonds. The number of carbonyl (C=O) groups is 1. The van der Waals surface area contributed by atoms with Gasteiger partial charge in [-0.15, -0.1) is 0 Å². The van der Waals surface area contributed by atoms with Crippen LogP contribution in [0.4, 0.5) is 5.69 Å². The molecule has 132 valence electrons. The predicted octanol–water partition coefficient (Wildman–Crippen LogP) is 6.84. The van der Waals surface area contributed by atoms with Crippen LogP contribution < -0.4 is 0 Å². The van der Waals surface area contributed by atoms with Gasteiger partial charge in [0.1, 0.15) is 0 Å². The average Bonchev–Trinajstić information content (AvgIpc) is 2.48. The van der Waals surface area contributed by atoms with Crippen molar-refractivity contribution in [2.24, 2.45) is 21.1 Å². The molecule has 0 heterocycles. The molecule has 4 heteroatoms. The fourth-order valence-corrected chi connectivity index (χ4v) is 2.64. The van der Waals surface area contributed by atoms with Gasteiger partial charge >= 0.3 is 0 Å². The van der Waals surface area contributed by atoms with Gasteiger partial charge in [-0.25, -0.2) is 0 Å². The summed E-state index contributed by atoms with van der Waals surface area (Å²) in [5, 5.41) is 9.02. The van der Waals surface area contributed by atoms with E-state index < -0.39 is 0 Å². The maximum atomic E-state index is 12.9. The molecule has 0 bridgehead atoms. The van der Waals surface area contributed by atoms with Crippen molar-refractivity contribution in [3.63, 3.8) is 0 Å². The van der Waals surface area contributed by atoms with E-state index in [1.165, 1.54) is 0 Å². The number of hydrogen-bond acceptors (Lipinski definition) is 3. The van der Waals surface area contributed by atoms with Crippen LogP contribution in [-0.4, -0.2) is 5.78 Å². The second-order valence-corrected chi connectivity index (χ2v) is 8.70. The number of halogens is 1. The van der Waals surface area contributed by atoms with E-state index in [1.807, 2.05) is 24.3 Å². The van der Waals surface area contributed by atoms with Crippen LogP contribution >= 0.6 is 11.6 Å². The molecule has 2 rings (SSSR count).